The molecule has 0 spiro atoms. The number of ether oxygens (including phenoxy) is 1. The minimum Gasteiger partial charge on any atom is -0.494 e. The second kappa shape index (κ2) is 9.19. The molecule has 0 aliphatic carbocycles. The minimum atomic E-state index is 0.695. The standard InChI is InChI=1S/C25H26N2OS/c1-19-13-14-21(17-20(19)2)28-16-8-15-27-24-12-7-6-11-23(24)26-25(27)18-29-22-9-4-3-5-10-22/h3-7,9-14,17H,8,15-16,18H2,1-2H3. The maximum Gasteiger partial charge on any atom is 0.120 e. The largest absolute Gasteiger partial charge is 0.494 e. The van der Waals surface area contributed by atoms with Crippen molar-refractivity contribution in [2.75, 3.05) is 6.61 Å². The number of nitrogens with zero attached hydrogens (tertiary/aromatic N) is 2. The Morgan fingerprint density at radius 3 is 2.52 bits per heavy atom. The van der Waals surface area contributed by atoms with Crippen LogP contribution in [0.5, 0.6) is 5.75 Å². The first kappa shape index (κ1) is 19.6. The van der Waals surface area contributed by atoms with Gasteiger partial charge in [-0.2, -0.15) is 0 Å². The molecule has 0 saturated carbocycles. The zero-order valence-electron chi connectivity index (χ0n) is 17.0. The van der Waals surface area contributed by atoms with Gasteiger partial charge in [-0.1, -0.05) is 36.4 Å². The molecule has 3 aromatic carbocycles. The zero-order valence-corrected chi connectivity index (χ0v) is 17.8. The fraction of sp³-hybridized carbons (Fsp3) is 0.240. The molecule has 4 aromatic rings. The van der Waals surface area contributed by atoms with Gasteiger partial charge in [0.2, 0.25) is 0 Å². The van der Waals surface area contributed by atoms with E-state index in [1.54, 1.807) is 0 Å². The maximum atomic E-state index is 5.98. The summed E-state index contributed by atoms with van der Waals surface area (Å²) in [4.78, 5) is 6.16. The molecule has 0 saturated heterocycles. The summed E-state index contributed by atoms with van der Waals surface area (Å²) in [6.07, 6.45) is 0.941. The van der Waals surface area contributed by atoms with Gasteiger partial charge < -0.3 is 9.30 Å². The SMILES string of the molecule is Cc1ccc(OCCCn2c(CSc3ccccc3)nc3ccccc32)cc1C. The highest BCUT2D eigenvalue weighted by Gasteiger charge is 2.11. The fourth-order valence-corrected chi connectivity index (χ4v) is 4.23. The number of aryl methyl sites for hydroxylation is 3. The van der Waals surface area contributed by atoms with Gasteiger partial charge in [0.15, 0.2) is 0 Å². The second-order valence-corrected chi connectivity index (χ2v) is 8.27. The Balaban J connectivity index is 1.43. The van der Waals surface area contributed by atoms with Gasteiger partial charge in [0.25, 0.3) is 0 Å². The van der Waals surface area contributed by atoms with Gasteiger partial charge in [0, 0.05) is 11.4 Å². The van der Waals surface area contributed by atoms with Crippen molar-refractivity contribution in [1.82, 2.24) is 9.55 Å². The molecule has 0 N–H and O–H groups in total. The number of para-hydroxylation sites is 2. The molecule has 0 radical (unpaired) electrons. The molecular weight excluding hydrogens is 376 g/mol. The van der Waals surface area contributed by atoms with Crippen LogP contribution in [0.4, 0.5) is 0 Å². The van der Waals surface area contributed by atoms with Crippen LogP contribution in [0.15, 0.2) is 77.7 Å². The molecule has 29 heavy (non-hydrogen) atoms. The Morgan fingerprint density at radius 1 is 0.897 bits per heavy atom. The van der Waals surface area contributed by atoms with Crippen LogP contribution >= 0.6 is 11.8 Å². The van der Waals surface area contributed by atoms with Crippen molar-refractivity contribution in [2.24, 2.45) is 0 Å². The van der Waals surface area contributed by atoms with E-state index in [2.05, 4.69) is 91.2 Å². The molecule has 0 amide bonds. The van der Waals surface area contributed by atoms with Gasteiger partial charge >= 0.3 is 0 Å². The van der Waals surface area contributed by atoms with Crippen molar-refractivity contribution in [3.63, 3.8) is 0 Å². The summed E-state index contributed by atoms with van der Waals surface area (Å²) in [6, 6.07) is 25.2. The third-order valence-corrected chi connectivity index (χ3v) is 6.13. The quantitative estimate of drug-likeness (QED) is 0.251. The summed E-state index contributed by atoms with van der Waals surface area (Å²) in [7, 11) is 0. The highest BCUT2D eigenvalue weighted by Crippen LogP contribution is 2.25. The van der Waals surface area contributed by atoms with Crippen LogP contribution in [0.2, 0.25) is 0 Å². The van der Waals surface area contributed by atoms with Gasteiger partial charge in [-0.15, -0.1) is 11.8 Å². The van der Waals surface area contributed by atoms with E-state index in [9.17, 15) is 0 Å². The molecular formula is C25H26N2OS. The Morgan fingerprint density at radius 2 is 1.69 bits per heavy atom. The van der Waals surface area contributed by atoms with Gasteiger partial charge in [0.05, 0.1) is 23.4 Å². The third-order valence-electron chi connectivity index (χ3n) is 5.12. The topological polar surface area (TPSA) is 27.1 Å². The summed E-state index contributed by atoms with van der Waals surface area (Å²) < 4.78 is 8.32. The number of fused-ring (bicyclic) bond motifs is 1. The van der Waals surface area contributed by atoms with E-state index in [1.807, 2.05) is 11.8 Å². The smallest absolute Gasteiger partial charge is 0.120 e. The molecule has 1 heterocycles. The van der Waals surface area contributed by atoms with Crippen LogP contribution in [0.25, 0.3) is 11.0 Å². The average molecular weight is 403 g/mol. The van der Waals surface area contributed by atoms with E-state index in [0.29, 0.717) is 6.61 Å². The van der Waals surface area contributed by atoms with Gasteiger partial charge in [-0.3, -0.25) is 0 Å². The molecule has 4 rings (SSSR count). The molecule has 0 aliphatic heterocycles. The predicted octanol–water partition coefficient (Wildman–Crippen LogP) is 6.41. The Hall–Kier alpha value is -2.72. The highest BCUT2D eigenvalue weighted by molar-refractivity contribution is 7.98. The van der Waals surface area contributed by atoms with E-state index < -0.39 is 0 Å². The maximum absolute atomic E-state index is 5.98. The summed E-state index contributed by atoms with van der Waals surface area (Å²) in [5, 5.41) is 0. The first-order valence-corrected chi connectivity index (χ1v) is 11.0. The minimum absolute atomic E-state index is 0.695. The molecule has 0 aliphatic rings. The molecule has 0 fully saturated rings. The number of imidazole rings is 1. The average Bonchev–Trinajstić information content (AvgIpc) is 3.10. The molecule has 4 heteroatoms. The number of hydrogen-bond acceptors (Lipinski definition) is 3. The normalized spacial score (nSPS) is 11.1. The number of thioether (sulfide) groups is 1. The number of benzene rings is 3. The number of hydrogen-bond donors (Lipinski definition) is 0. The molecule has 148 valence electrons. The monoisotopic (exact) mass is 402 g/mol. The first-order chi connectivity index (χ1) is 14.2. The van der Waals surface area contributed by atoms with E-state index in [-0.39, 0.29) is 0 Å². The number of rotatable bonds is 8. The van der Waals surface area contributed by atoms with Crippen molar-refractivity contribution in [2.45, 2.75) is 37.5 Å². The predicted molar refractivity (Wildman–Crippen MR) is 122 cm³/mol. The molecule has 1 aromatic heterocycles. The van der Waals surface area contributed by atoms with E-state index >= 15 is 0 Å². The van der Waals surface area contributed by atoms with E-state index in [1.165, 1.54) is 21.5 Å². The van der Waals surface area contributed by atoms with E-state index in [0.717, 1.165) is 35.8 Å². The van der Waals surface area contributed by atoms with Gasteiger partial charge in [-0.25, -0.2) is 4.98 Å². The van der Waals surface area contributed by atoms with Gasteiger partial charge in [0.1, 0.15) is 11.6 Å². The molecule has 0 atom stereocenters. The van der Waals surface area contributed by atoms with Crippen molar-refractivity contribution >= 4 is 22.8 Å². The lowest BCUT2D eigenvalue weighted by Crippen LogP contribution is -2.07. The summed E-state index contributed by atoms with van der Waals surface area (Å²) in [5.74, 6) is 2.92. The second-order valence-electron chi connectivity index (χ2n) is 7.22. The van der Waals surface area contributed by atoms with Crippen LogP contribution in [0, 0.1) is 13.8 Å². The Labute approximate surface area is 176 Å². The van der Waals surface area contributed by atoms with Crippen LogP contribution in [0.3, 0.4) is 0 Å². The lowest BCUT2D eigenvalue weighted by atomic mass is 10.1. The van der Waals surface area contributed by atoms with Crippen molar-refractivity contribution in [1.29, 1.82) is 0 Å². The third kappa shape index (κ3) is 4.83. The van der Waals surface area contributed by atoms with Gasteiger partial charge in [-0.05, 0) is 67.8 Å². The Bertz CT molecular complexity index is 1090. The highest BCUT2D eigenvalue weighted by atomic mass is 32.2. The van der Waals surface area contributed by atoms with Crippen molar-refractivity contribution in [3.8, 4) is 5.75 Å². The van der Waals surface area contributed by atoms with Crippen LogP contribution in [-0.2, 0) is 12.3 Å². The van der Waals surface area contributed by atoms with Crippen LogP contribution in [0.1, 0.15) is 23.4 Å². The molecule has 0 unspecified atom stereocenters. The van der Waals surface area contributed by atoms with Crippen molar-refractivity contribution < 1.29 is 4.74 Å². The molecule has 0 bridgehead atoms. The fourth-order valence-electron chi connectivity index (χ4n) is 3.37. The van der Waals surface area contributed by atoms with Crippen molar-refractivity contribution in [3.05, 3.63) is 89.7 Å². The van der Waals surface area contributed by atoms with Crippen LogP contribution < -0.4 is 4.74 Å². The summed E-state index contributed by atoms with van der Waals surface area (Å²) in [6.45, 7) is 5.84. The number of aromatic nitrogens is 2. The zero-order chi connectivity index (χ0) is 20.1. The Kier molecular flexibility index (Phi) is 6.20. The first-order valence-electron chi connectivity index (χ1n) is 10.0. The van der Waals surface area contributed by atoms with Crippen LogP contribution in [-0.4, -0.2) is 16.2 Å². The summed E-state index contributed by atoms with van der Waals surface area (Å²) in [5.41, 5.74) is 4.82. The summed E-state index contributed by atoms with van der Waals surface area (Å²) >= 11 is 1.83. The molecule has 3 nitrogen and oxygen atoms in total. The van der Waals surface area contributed by atoms with E-state index in [4.69, 9.17) is 9.72 Å². The lowest BCUT2D eigenvalue weighted by molar-refractivity contribution is 0.302. The lowest BCUT2D eigenvalue weighted by Gasteiger charge is -2.11.